The van der Waals surface area contributed by atoms with E-state index in [1.54, 1.807) is 4.90 Å². The Morgan fingerprint density at radius 3 is 2.72 bits per heavy atom. The minimum atomic E-state index is -3.42. The predicted molar refractivity (Wildman–Crippen MR) is 99.4 cm³/mol. The van der Waals surface area contributed by atoms with Crippen LogP contribution in [0.25, 0.3) is 10.1 Å². The number of nitrogens with zero attached hydrogens (tertiary/aromatic N) is 2. The van der Waals surface area contributed by atoms with Gasteiger partial charge in [0.1, 0.15) is 0 Å². The second-order valence-corrected chi connectivity index (χ2v) is 10.1. The molecular formula is C17H22N2O4S2. The van der Waals surface area contributed by atoms with Crippen molar-refractivity contribution >= 4 is 37.4 Å². The molecule has 1 fully saturated rings. The average molecular weight is 383 g/mol. The molecule has 1 aliphatic rings. The largest absolute Gasteiger partial charge is 0.391 e. The van der Waals surface area contributed by atoms with Gasteiger partial charge in [-0.1, -0.05) is 17.7 Å². The molecule has 0 spiro atoms. The molecule has 1 aliphatic heterocycles. The van der Waals surface area contributed by atoms with E-state index < -0.39 is 22.0 Å². The van der Waals surface area contributed by atoms with Gasteiger partial charge in [-0.3, -0.25) is 4.79 Å². The maximum Gasteiger partial charge on any atom is 0.264 e. The van der Waals surface area contributed by atoms with Gasteiger partial charge in [-0.15, -0.1) is 11.3 Å². The van der Waals surface area contributed by atoms with E-state index in [0.717, 1.165) is 20.0 Å². The summed E-state index contributed by atoms with van der Waals surface area (Å²) >= 11 is 1.42. The van der Waals surface area contributed by atoms with E-state index in [1.165, 1.54) is 25.4 Å². The molecule has 2 heterocycles. The van der Waals surface area contributed by atoms with Crippen LogP contribution in [0.15, 0.2) is 24.3 Å². The van der Waals surface area contributed by atoms with Crippen molar-refractivity contribution in [3.8, 4) is 0 Å². The number of likely N-dealkylation sites (tertiary alicyclic amines) is 1. The molecule has 0 aliphatic carbocycles. The summed E-state index contributed by atoms with van der Waals surface area (Å²) in [6.45, 7) is 2.42. The molecule has 136 valence electrons. The lowest BCUT2D eigenvalue weighted by Crippen LogP contribution is -2.33. The van der Waals surface area contributed by atoms with Crippen molar-refractivity contribution in [3.63, 3.8) is 0 Å². The van der Waals surface area contributed by atoms with Gasteiger partial charge in [-0.05, 0) is 24.4 Å². The Morgan fingerprint density at radius 2 is 2.04 bits per heavy atom. The number of fused-ring (bicyclic) bond motifs is 1. The van der Waals surface area contributed by atoms with E-state index in [1.807, 2.05) is 31.2 Å². The summed E-state index contributed by atoms with van der Waals surface area (Å²) in [5.41, 5.74) is 1.13. The zero-order valence-corrected chi connectivity index (χ0v) is 16.1. The topological polar surface area (TPSA) is 77.9 Å². The van der Waals surface area contributed by atoms with E-state index >= 15 is 0 Å². The van der Waals surface area contributed by atoms with Gasteiger partial charge in [0.25, 0.3) is 5.91 Å². The predicted octanol–water partition coefficient (Wildman–Crippen LogP) is 1.53. The number of benzene rings is 1. The van der Waals surface area contributed by atoms with Crippen LogP contribution in [0.3, 0.4) is 0 Å². The first-order chi connectivity index (χ1) is 11.7. The Hall–Kier alpha value is -1.48. The van der Waals surface area contributed by atoms with Crippen LogP contribution in [0.1, 0.15) is 15.2 Å². The summed E-state index contributed by atoms with van der Waals surface area (Å²) < 4.78 is 26.3. The van der Waals surface area contributed by atoms with Crippen molar-refractivity contribution in [1.82, 2.24) is 9.21 Å². The first-order valence-corrected chi connectivity index (χ1v) is 10.5. The molecule has 1 amide bonds. The van der Waals surface area contributed by atoms with Crippen LogP contribution in [0.4, 0.5) is 0 Å². The van der Waals surface area contributed by atoms with Crippen molar-refractivity contribution < 1.29 is 18.3 Å². The van der Waals surface area contributed by atoms with Crippen molar-refractivity contribution in [2.24, 2.45) is 5.92 Å². The fourth-order valence-electron chi connectivity index (χ4n) is 3.03. The molecule has 1 saturated heterocycles. The average Bonchev–Trinajstić information content (AvgIpc) is 3.09. The molecule has 6 nitrogen and oxygen atoms in total. The smallest absolute Gasteiger partial charge is 0.264 e. The zero-order valence-electron chi connectivity index (χ0n) is 14.5. The molecule has 3 rings (SSSR count). The van der Waals surface area contributed by atoms with E-state index in [4.69, 9.17) is 0 Å². The third kappa shape index (κ3) is 3.72. The van der Waals surface area contributed by atoms with Gasteiger partial charge in [-0.25, -0.2) is 12.7 Å². The van der Waals surface area contributed by atoms with Crippen molar-refractivity contribution in [2.75, 3.05) is 32.9 Å². The van der Waals surface area contributed by atoms with Crippen LogP contribution in [0.2, 0.25) is 0 Å². The molecule has 0 unspecified atom stereocenters. The maximum absolute atomic E-state index is 12.8. The third-order valence-corrected chi connectivity index (χ3v) is 7.62. The lowest BCUT2D eigenvalue weighted by Gasteiger charge is -2.17. The zero-order chi connectivity index (χ0) is 18.4. The number of thiophene rings is 1. The normalized spacial score (nSPS) is 21.4. The second kappa shape index (κ2) is 6.68. The molecule has 25 heavy (non-hydrogen) atoms. The van der Waals surface area contributed by atoms with Gasteiger partial charge in [0.2, 0.25) is 10.0 Å². The maximum atomic E-state index is 12.8. The van der Waals surface area contributed by atoms with Crippen LogP contribution >= 0.6 is 11.3 Å². The highest BCUT2D eigenvalue weighted by Gasteiger charge is 2.37. The number of β-amino-alcohol motifs (C(OH)–C–C–N with tert-alkyl or cyclic N) is 1. The highest BCUT2D eigenvalue weighted by molar-refractivity contribution is 7.89. The number of rotatable bonds is 4. The number of amides is 1. The standard InChI is InChI=1S/C17H22N2O4S2/c1-11-4-5-15-12(6-11)7-16(24-15)17(21)19-8-13(14(20)9-19)10-25(22,23)18(2)3/h4-7,13-14,20H,8-10H2,1-3H3/t13-,14-/m0/s1. The minimum absolute atomic E-state index is 0.150. The highest BCUT2D eigenvalue weighted by Crippen LogP contribution is 2.29. The molecule has 8 heteroatoms. The Bertz CT molecular complexity index is 905. The molecule has 2 aromatic rings. The summed E-state index contributed by atoms with van der Waals surface area (Å²) in [5.74, 6) is -0.771. The first kappa shape index (κ1) is 18.3. The summed E-state index contributed by atoms with van der Waals surface area (Å²) in [6, 6.07) is 7.91. The Kier molecular flexibility index (Phi) is 4.89. The molecule has 0 bridgehead atoms. The fourth-order valence-corrected chi connectivity index (χ4v) is 5.21. The molecule has 0 saturated carbocycles. The number of hydrogen-bond donors (Lipinski definition) is 1. The Morgan fingerprint density at radius 1 is 1.32 bits per heavy atom. The van der Waals surface area contributed by atoms with Gasteiger partial charge >= 0.3 is 0 Å². The minimum Gasteiger partial charge on any atom is -0.391 e. The number of hydrogen-bond acceptors (Lipinski definition) is 5. The summed E-state index contributed by atoms with van der Waals surface area (Å²) in [5, 5.41) is 11.2. The Labute approximate surface area is 151 Å². The number of aliphatic hydroxyl groups is 1. The summed E-state index contributed by atoms with van der Waals surface area (Å²) in [6.07, 6.45) is -0.824. The third-order valence-electron chi connectivity index (χ3n) is 4.56. The molecule has 2 atom stereocenters. The number of sulfonamides is 1. The number of aryl methyl sites for hydroxylation is 1. The number of carbonyl (C=O) groups excluding carboxylic acids is 1. The van der Waals surface area contributed by atoms with E-state index in [0.29, 0.717) is 4.88 Å². The van der Waals surface area contributed by atoms with Gasteiger partial charge in [0, 0.05) is 37.8 Å². The number of aliphatic hydroxyl groups excluding tert-OH is 1. The molecule has 1 N–H and O–H groups in total. The van der Waals surface area contributed by atoms with Gasteiger partial charge in [0.05, 0.1) is 16.7 Å². The molecule has 1 aromatic carbocycles. The van der Waals surface area contributed by atoms with Gasteiger partial charge < -0.3 is 10.0 Å². The summed E-state index contributed by atoms with van der Waals surface area (Å²) in [7, 11) is -0.474. The fraction of sp³-hybridized carbons (Fsp3) is 0.471. The summed E-state index contributed by atoms with van der Waals surface area (Å²) in [4.78, 5) is 14.9. The molecular weight excluding hydrogens is 360 g/mol. The van der Waals surface area contributed by atoms with E-state index in [-0.39, 0.29) is 24.7 Å². The van der Waals surface area contributed by atoms with Crippen LogP contribution in [0.5, 0.6) is 0 Å². The molecule has 0 radical (unpaired) electrons. The van der Waals surface area contributed by atoms with Crippen LogP contribution in [-0.2, 0) is 10.0 Å². The van der Waals surface area contributed by atoms with Crippen molar-refractivity contribution in [1.29, 1.82) is 0 Å². The van der Waals surface area contributed by atoms with Crippen LogP contribution in [0, 0.1) is 12.8 Å². The van der Waals surface area contributed by atoms with Crippen LogP contribution in [-0.4, -0.2) is 67.7 Å². The van der Waals surface area contributed by atoms with Crippen LogP contribution < -0.4 is 0 Å². The van der Waals surface area contributed by atoms with Crippen molar-refractivity contribution in [3.05, 3.63) is 34.7 Å². The quantitative estimate of drug-likeness (QED) is 0.870. The lowest BCUT2D eigenvalue weighted by molar-refractivity contribution is 0.0769. The lowest BCUT2D eigenvalue weighted by atomic mass is 10.1. The number of carbonyl (C=O) groups is 1. The molecule has 1 aromatic heterocycles. The first-order valence-electron chi connectivity index (χ1n) is 8.05. The van der Waals surface area contributed by atoms with E-state index in [9.17, 15) is 18.3 Å². The second-order valence-electron chi connectivity index (χ2n) is 6.75. The van der Waals surface area contributed by atoms with Crippen molar-refractivity contribution in [2.45, 2.75) is 13.0 Å². The monoisotopic (exact) mass is 382 g/mol. The van der Waals surface area contributed by atoms with Gasteiger partial charge in [0.15, 0.2) is 0 Å². The van der Waals surface area contributed by atoms with E-state index in [2.05, 4.69) is 0 Å². The Balaban J connectivity index is 1.76. The highest BCUT2D eigenvalue weighted by atomic mass is 32.2. The SMILES string of the molecule is Cc1ccc2sc(C(=O)N3C[C@@H](CS(=O)(=O)N(C)C)[C@@H](O)C3)cc2c1. The van der Waals surface area contributed by atoms with Gasteiger partial charge in [-0.2, -0.15) is 0 Å².